The molecule has 0 bridgehead atoms. The van der Waals surface area contributed by atoms with Crippen LogP contribution in [0.15, 0.2) is 40.4 Å². The van der Waals surface area contributed by atoms with Crippen LogP contribution in [0.5, 0.6) is 0 Å². The number of morpholine rings is 1. The Morgan fingerprint density at radius 2 is 1.79 bits per heavy atom. The van der Waals surface area contributed by atoms with Gasteiger partial charge in [0.15, 0.2) is 5.82 Å². The van der Waals surface area contributed by atoms with Gasteiger partial charge in [-0.05, 0) is 49.9 Å². The van der Waals surface area contributed by atoms with Crippen LogP contribution in [0.2, 0.25) is 0 Å². The standard InChI is InChI=1S/C24H32N6O7S2/c1-38(33,34)15-10-25-24-26-16-21(22(29-24)27-17-2-6-19(31)7-3-17)23(32)28-18-4-8-20(9-5-18)39(35,36)30-11-13-37-14-12-30/h4-5,8-9,16,19,31H,2-3,6-7,10-15H2,1H3,(H,28,32)(H,25,26,29). The summed E-state index contributed by atoms with van der Waals surface area (Å²) in [6.07, 6.45) is 4.28. The van der Waals surface area contributed by atoms with E-state index in [1.165, 1.54) is 34.8 Å². The highest BCUT2D eigenvalue weighted by Gasteiger charge is 2.26. The molecule has 0 radical (unpaired) electrons. The van der Waals surface area contributed by atoms with Crippen molar-refractivity contribution in [1.82, 2.24) is 14.3 Å². The molecule has 1 saturated carbocycles. The maximum Gasteiger partial charge on any atom is 0.261 e. The van der Waals surface area contributed by atoms with Gasteiger partial charge in [-0.25, -0.2) is 26.8 Å². The average molecular weight is 581 g/mol. The topological polar surface area (TPSA) is 180 Å². The molecule has 39 heavy (non-hydrogen) atoms. The number of ether oxygens (including phenoxy) is 1. The lowest BCUT2D eigenvalue weighted by atomic mass is 9.96. The molecule has 212 valence electrons. The second-order valence-electron chi connectivity index (χ2n) is 9.39. The number of sulfonamides is 1. The van der Waals surface area contributed by atoms with Crippen LogP contribution >= 0.6 is 0 Å². The summed E-state index contributed by atoms with van der Waals surface area (Å²) in [4.78, 5) is 26.3. The lowest BCUT2D eigenvalue weighted by Crippen LogP contribution is -2.40. The van der Waals surface area contributed by atoms with Crippen LogP contribution in [0.25, 0.3) is 0 Å². The zero-order chi connectivity index (χ0) is 28.0. The van der Waals surface area contributed by atoms with E-state index in [0.29, 0.717) is 44.6 Å². The minimum Gasteiger partial charge on any atom is -0.393 e. The first-order chi connectivity index (χ1) is 18.5. The number of carbonyl (C=O) groups is 1. The summed E-state index contributed by atoms with van der Waals surface area (Å²) in [5.41, 5.74) is 1.25. The highest BCUT2D eigenvalue weighted by Crippen LogP contribution is 2.25. The summed E-state index contributed by atoms with van der Waals surface area (Å²) in [6, 6.07) is 5.86. The molecule has 1 aliphatic carbocycles. The van der Waals surface area contributed by atoms with E-state index in [-0.39, 0.29) is 53.7 Å². The van der Waals surface area contributed by atoms with Crippen LogP contribution in [0.3, 0.4) is 0 Å². The third-order valence-electron chi connectivity index (χ3n) is 6.29. The van der Waals surface area contributed by atoms with Crippen LogP contribution in [-0.4, -0.2) is 98.8 Å². The van der Waals surface area contributed by atoms with Gasteiger partial charge in [0.1, 0.15) is 15.4 Å². The summed E-state index contributed by atoms with van der Waals surface area (Å²) < 4.78 is 55.2. The smallest absolute Gasteiger partial charge is 0.261 e. The number of anilines is 2. The summed E-state index contributed by atoms with van der Waals surface area (Å²) in [5.74, 6) is -0.417. The quantitative estimate of drug-likeness (QED) is 0.390. The Morgan fingerprint density at radius 1 is 1.13 bits per heavy atom. The fourth-order valence-corrected chi connectivity index (χ4v) is 5.97. The molecule has 15 heteroatoms. The lowest BCUT2D eigenvalue weighted by Gasteiger charge is -2.26. The van der Waals surface area contributed by atoms with Crippen LogP contribution in [-0.2, 0) is 24.6 Å². The molecule has 2 aliphatic rings. The number of aliphatic imine (C=N–C) groups is 1. The Labute approximate surface area is 227 Å². The third kappa shape index (κ3) is 8.02. The van der Waals surface area contributed by atoms with Gasteiger partial charge in [-0.3, -0.25) is 4.79 Å². The van der Waals surface area contributed by atoms with Crippen molar-refractivity contribution in [2.24, 2.45) is 4.99 Å². The Balaban J connectivity index is 1.52. The van der Waals surface area contributed by atoms with Crippen LogP contribution in [0, 0.1) is 0 Å². The van der Waals surface area contributed by atoms with E-state index in [1.54, 1.807) is 0 Å². The van der Waals surface area contributed by atoms with Crippen LogP contribution < -0.4 is 10.6 Å². The van der Waals surface area contributed by atoms with Crippen molar-refractivity contribution < 1.29 is 31.5 Å². The molecule has 1 aliphatic heterocycles. The van der Waals surface area contributed by atoms with Gasteiger partial charge in [-0.1, -0.05) is 0 Å². The molecule has 1 aromatic heterocycles. The maximum absolute atomic E-state index is 13.2. The van der Waals surface area contributed by atoms with Gasteiger partial charge in [0, 0.05) is 43.5 Å². The molecule has 1 saturated heterocycles. The molecule has 0 unspecified atom stereocenters. The van der Waals surface area contributed by atoms with E-state index in [0.717, 1.165) is 12.0 Å². The Bertz CT molecular complexity index is 1410. The Hall–Kier alpha value is -2.98. The highest BCUT2D eigenvalue weighted by molar-refractivity contribution is 7.90. The van der Waals surface area contributed by atoms with Crippen molar-refractivity contribution in [2.75, 3.05) is 55.5 Å². The molecule has 0 spiro atoms. The van der Waals surface area contributed by atoms with E-state index < -0.39 is 25.8 Å². The molecule has 13 nitrogen and oxygen atoms in total. The summed E-state index contributed by atoms with van der Waals surface area (Å²) in [7, 11) is -6.85. The van der Waals surface area contributed by atoms with E-state index >= 15 is 0 Å². The van der Waals surface area contributed by atoms with Crippen molar-refractivity contribution in [3.63, 3.8) is 0 Å². The molecule has 3 N–H and O–H groups in total. The van der Waals surface area contributed by atoms with Gasteiger partial charge in [-0.15, -0.1) is 0 Å². The zero-order valence-electron chi connectivity index (χ0n) is 21.5. The molecule has 2 fully saturated rings. The van der Waals surface area contributed by atoms with Gasteiger partial charge >= 0.3 is 0 Å². The first-order valence-electron chi connectivity index (χ1n) is 12.5. The van der Waals surface area contributed by atoms with Gasteiger partial charge in [0.2, 0.25) is 16.0 Å². The molecule has 0 atom stereocenters. The summed E-state index contributed by atoms with van der Waals surface area (Å²) in [6.45, 7) is 1.34. The molecular weight excluding hydrogens is 548 g/mol. The number of amides is 1. The van der Waals surface area contributed by atoms with Crippen LogP contribution in [0.1, 0.15) is 36.0 Å². The summed E-state index contributed by atoms with van der Waals surface area (Å²) in [5, 5.41) is 15.4. The maximum atomic E-state index is 13.2. The summed E-state index contributed by atoms with van der Waals surface area (Å²) >= 11 is 0. The number of nitrogens with one attached hydrogen (secondary N) is 2. The van der Waals surface area contributed by atoms with E-state index in [9.17, 15) is 26.7 Å². The fourth-order valence-electron chi connectivity index (χ4n) is 4.09. The molecular formula is C24H32N6O7S2. The number of aliphatic hydroxyl groups excluding tert-OH is 1. The third-order valence-corrected chi connectivity index (χ3v) is 9.14. The molecule has 2 heterocycles. The second-order valence-corrected chi connectivity index (χ2v) is 13.6. The van der Waals surface area contributed by atoms with Crippen molar-refractivity contribution in [2.45, 2.75) is 36.7 Å². The number of sulfone groups is 1. The predicted molar refractivity (Wildman–Crippen MR) is 146 cm³/mol. The molecule has 1 aromatic carbocycles. The highest BCUT2D eigenvalue weighted by atomic mass is 32.2. The van der Waals surface area contributed by atoms with Gasteiger partial charge in [0.05, 0.1) is 30.0 Å². The second kappa shape index (κ2) is 12.5. The first-order valence-corrected chi connectivity index (χ1v) is 16.0. The normalized spacial score (nSPS) is 18.9. The molecule has 2 aromatic rings. The van der Waals surface area contributed by atoms with E-state index in [4.69, 9.17) is 4.74 Å². The van der Waals surface area contributed by atoms with Gasteiger partial charge in [0.25, 0.3) is 5.91 Å². The number of nitrogens with zero attached hydrogens (tertiary/aromatic N) is 4. The number of hydrogen-bond donors (Lipinski definition) is 3. The van der Waals surface area contributed by atoms with Gasteiger partial charge < -0.3 is 20.5 Å². The zero-order valence-corrected chi connectivity index (χ0v) is 23.2. The predicted octanol–water partition coefficient (Wildman–Crippen LogP) is 1.21. The Morgan fingerprint density at radius 3 is 2.44 bits per heavy atom. The minimum absolute atomic E-state index is 0.0896. The number of rotatable bonds is 9. The monoisotopic (exact) mass is 580 g/mol. The number of hydrogen-bond acceptors (Lipinski definition) is 11. The van der Waals surface area contributed by atoms with Crippen molar-refractivity contribution in [3.8, 4) is 0 Å². The minimum atomic E-state index is -3.67. The molecule has 1 amide bonds. The first kappa shape index (κ1) is 29.0. The number of carbonyl (C=O) groups excluding carboxylic acids is 1. The fraction of sp³-hybridized carbons (Fsp3) is 0.500. The Kier molecular flexibility index (Phi) is 9.27. The number of benzene rings is 1. The van der Waals surface area contributed by atoms with Crippen molar-refractivity contribution >= 4 is 48.9 Å². The molecule has 4 rings (SSSR count). The van der Waals surface area contributed by atoms with E-state index in [1.807, 2.05) is 0 Å². The van der Waals surface area contributed by atoms with Crippen molar-refractivity contribution in [1.29, 1.82) is 0 Å². The van der Waals surface area contributed by atoms with Gasteiger partial charge in [-0.2, -0.15) is 9.29 Å². The number of aromatic nitrogens is 2. The lowest BCUT2D eigenvalue weighted by molar-refractivity contribution is 0.0730. The van der Waals surface area contributed by atoms with Crippen LogP contribution in [0.4, 0.5) is 17.5 Å². The average Bonchev–Trinajstić information content (AvgIpc) is 2.90. The van der Waals surface area contributed by atoms with Crippen molar-refractivity contribution in [3.05, 3.63) is 36.0 Å². The SMILES string of the molecule is CS(=O)(=O)CCNc1ncc(C(=O)Nc2ccc(S(=O)(=O)N3CCOCC3)cc2)c(N=C2CCC(O)CC2)n1. The largest absolute Gasteiger partial charge is 0.393 e. The van der Waals surface area contributed by atoms with E-state index in [2.05, 4.69) is 25.6 Å². The number of aliphatic hydroxyl groups is 1.